The number of aromatic nitrogens is 2. The lowest BCUT2D eigenvalue weighted by atomic mass is 10.1. The van der Waals surface area contributed by atoms with Crippen LogP contribution in [0.5, 0.6) is 11.5 Å². The molecular formula is C27H33N5O4. The third kappa shape index (κ3) is 6.15. The van der Waals surface area contributed by atoms with E-state index in [1.807, 2.05) is 18.2 Å². The van der Waals surface area contributed by atoms with E-state index in [2.05, 4.69) is 43.7 Å². The highest BCUT2D eigenvalue weighted by Crippen LogP contribution is 2.34. The van der Waals surface area contributed by atoms with Crippen molar-refractivity contribution in [2.24, 2.45) is 0 Å². The fourth-order valence-electron chi connectivity index (χ4n) is 4.50. The molecule has 190 valence electrons. The summed E-state index contributed by atoms with van der Waals surface area (Å²) in [5, 5.41) is 7.27. The Hall–Kier alpha value is -3.59. The Morgan fingerprint density at radius 2 is 1.78 bits per heavy atom. The lowest BCUT2D eigenvalue weighted by Crippen LogP contribution is -2.36. The first-order chi connectivity index (χ1) is 17.8. The van der Waals surface area contributed by atoms with E-state index in [1.165, 1.54) is 6.33 Å². The predicted octanol–water partition coefficient (Wildman–Crippen LogP) is 3.53. The summed E-state index contributed by atoms with van der Waals surface area (Å²) in [5.41, 5.74) is 2.77. The highest BCUT2D eigenvalue weighted by molar-refractivity contribution is 5.96. The number of nitrogens with one attached hydrogen (secondary N) is 2. The van der Waals surface area contributed by atoms with E-state index in [-0.39, 0.29) is 12.5 Å². The summed E-state index contributed by atoms with van der Waals surface area (Å²) in [6, 6.07) is 12.2. The molecule has 0 spiro atoms. The van der Waals surface area contributed by atoms with Gasteiger partial charge in [0.1, 0.15) is 29.2 Å². The number of nitrogens with zero attached hydrogens (tertiary/aromatic N) is 3. The number of anilines is 2. The summed E-state index contributed by atoms with van der Waals surface area (Å²) < 4.78 is 17.5. The fourth-order valence-corrected chi connectivity index (χ4v) is 4.50. The van der Waals surface area contributed by atoms with Crippen molar-refractivity contribution in [1.29, 1.82) is 0 Å². The first-order valence-corrected chi connectivity index (χ1v) is 12.7. The van der Waals surface area contributed by atoms with Gasteiger partial charge in [0.25, 0.3) is 5.91 Å². The van der Waals surface area contributed by atoms with Gasteiger partial charge in [0.05, 0.1) is 19.8 Å². The molecule has 2 aliphatic rings. The quantitative estimate of drug-likeness (QED) is 0.534. The van der Waals surface area contributed by atoms with Gasteiger partial charge in [-0.15, -0.1) is 0 Å². The van der Waals surface area contributed by atoms with Crippen LogP contribution < -0.4 is 25.0 Å². The van der Waals surface area contributed by atoms with Crippen LogP contribution in [0.1, 0.15) is 31.2 Å². The molecular weight excluding hydrogens is 458 g/mol. The largest absolute Gasteiger partial charge is 0.494 e. The second kappa shape index (κ2) is 11.9. The van der Waals surface area contributed by atoms with Gasteiger partial charge < -0.3 is 29.7 Å². The molecule has 2 aliphatic heterocycles. The number of hydrogen-bond donors (Lipinski definition) is 2. The maximum atomic E-state index is 12.5. The van der Waals surface area contributed by atoms with Crippen LogP contribution in [0.3, 0.4) is 0 Å². The van der Waals surface area contributed by atoms with E-state index in [0.717, 1.165) is 61.2 Å². The third-order valence-corrected chi connectivity index (χ3v) is 6.44. The molecule has 1 aromatic heterocycles. The summed E-state index contributed by atoms with van der Waals surface area (Å²) >= 11 is 0. The van der Waals surface area contributed by atoms with Crippen molar-refractivity contribution in [3.05, 3.63) is 48.3 Å². The second-order valence-corrected chi connectivity index (χ2v) is 9.06. The van der Waals surface area contributed by atoms with Crippen molar-refractivity contribution in [2.45, 2.75) is 32.2 Å². The Kier molecular flexibility index (Phi) is 7.97. The number of carbonyl (C=O) groups is 1. The van der Waals surface area contributed by atoms with Crippen LogP contribution in [-0.2, 0) is 16.1 Å². The van der Waals surface area contributed by atoms with Crippen LogP contribution in [0.2, 0.25) is 0 Å². The van der Waals surface area contributed by atoms with Crippen molar-refractivity contribution >= 4 is 28.3 Å². The minimum absolute atomic E-state index is 0.0605. The number of amides is 1. The smallest absolute Gasteiger partial charge is 0.257 e. The van der Waals surface area contributed by atoms with Gasteiger partial charge in [-0.3, -0.25) is 4.79 Å². The number of fused-ring (bicyclic) bond motifs is 2. The molecule has 0 aliphatic carbocycles. The van der Waals surface area contributed by atoms with Gasteiger partial charge in [-0.05, 0) is 36.6 Å². The molecule has 0 radical (unpaired) electrons. The monoisotopic (exact) mass is 491 g/mol. The van der Waals surface area contributed by atoms with Gasteiger partial charge in [0, 0.05) is 43.3 Å². The molecule has 5 rings (SSSR count). The molecule has 3 heterocycles. The number of carbonyl (C=O) groups excluding carboxylic acids is 1. The molecule has 2 N–H and O–H groups in total. The number of rotatable bonds is 1. The van der Waals surface area contributed by atoms with Gasteiger partial charge in [-0.25, -0.2) is 9.97 Å². The highest BCUT2D eigenvalue weighted by atomic mass is 16.5. The van der Waals surface area contributed by atoms with Crippen LogP contribution in [0.25, 0.3) is 10.9 Å². The molecule has 3 aromatic rings. The summed E-state index contributed by atoms with van der Waals surface area (Å²) in [6.45, 7) is 4.76. The van der Waals surface area contributed by atoms with Crippen molar-refractivity contribution in [1.82, 2.24) is 15.3 Å². The van der Waals surface area contributed by atoms with Crippen molar-refractivity contribution in [2.75, 3.05) is 56.3 Å². The lowest BCUT2D eigenvalue weighted by Gasteiger charge is -2.29. The molecule has 2 aromatic carbocycles. The Morgan fingerprint density at radius 1 is 0.889 bits per heavy atom. The molecule has 9 nitrogen and oxygen atoms in total. The molecule has 1 amide bonds. The molecule has 0 unspecified atom stereocenters. The van der Waals surface area contributed by atoms with Gasteiger partial charge >= 0.3 is 0 Å². The second-order valence-electron chi connectivity index (χ2n) is 9.06. The fraction of sp³-hybridized carbons (Fsp3) is 0.444. The van der Waals surface area contributed by atoms with Crippen LogP contribution in [-0.4, -0.2) is 61.9 Å². The van der Waals surface area contributed by atoms with E-state index in [4.69, 9.17) is 14.2 Å². The summed E-state index contributed by atoms with van der Waals surface area (Å²) in [4.78, 5) is 23.8. The third-order valence-electron chi connectivity index (χ3n) is 6.44. The first-order valence-electron chi connectivity index (χ1n) is 12.7. The molecule has 1 fully saturated rings. The Bertz CT molecular complexity index is 1180. The Morgan fingerprint density at radius 3 is 2.69 bits per heavy atom. The van der Waals surface area contributed by atoms with E-state index in [1.54, 1.807) is 0 Å². The Balaban J connectivity index is 1.47. The predicted molar refractivity (Wildman–Crippen MR) is 139 cm³/mol. The number of ether oxygens (including phenoxy) is 3. The maximum Gasteiger partial charge on any atom is 0.257 e. The van der Waals surface area contributed by atoms with E-state index in [0.29, 0.717) is 50.0 Å². The summed E-state index contributed by atoms with van der Waals surface area (Å²) in [7, 11) is 0. The van der Waals surface area contributed by atoms with E-state index in [9.17, 15) is 4.79 Å². The summed E-state index contributed by atoms with van der Waals surface area (Å²) in [6.07, 6.45) is 5.54. The SMILES string of the molecule is O=C1COc2cc(N3CCOCC3)cc3c(ncnc23)NCc2cccc(c2)OCCCCCCN1. The average Bonchev–Trinajstić information content (AvgIpc) is 2.92. The van der Waals surface area contributed by atoms with Crippen LogP contribution in [0, 0.1) is 0 Å². The van der Waals surface area contributed by atoms with Gasteiger partial charge in [-0.2, -0.15) is 0 Å². The zero-order valence-corrected chi connectivity index (χ0v) is 20.5. The van der Waals surface area contributed by atoms with Crippen LogP contribution in [0.15, 0.2) is 42.7 Å². The average molecular weight is 492 g/mol. The van der Waals surface area contributed by atoms with Gasteiger partial charge in [-0.1, -0.05) is 25.0 Å². The molecule has 36 heavy (non-hydrogen) atoms. The number of morpholine rings is 1. The molecule has 1 saturated heterocycles. The number of benzene rings is 2. The lowest BCUT2D eigenvalue weighted by molar-refractivity contribution is -0.123. The van der Waals surface area contributed by atoms with Crippen molar-refractivity contribution < 1.29 is 19.0 Å². The maximum absolute atomic E-state index is 12.5. The number of hydrogen-bond acceptors (Lipinski definition) is 8. The molecule has 6 bridgehead atoms. The van der Waals surface area contributed by atoms with E-state index < -0.39 is 0 Å². The minimum Gasteiger partial charge on any atom is -0.494 e. The van der Waals surface area contributed by atoms with Gasteiger partial charge in [0.2, 0.25) is 0 Å². The normalized spacial score (nSPS) is 18.0. The van der Waals surface area contributed by atoms with Crippen molar-refractivity contribution in [3.8, 4) is 11.5 Å². The molecule has 0 saturated carbocycles. The first kappa shape index (κ1) is 24.1. The van der Waals surface area contributed by atoms with Gasteiger partial charge in [0.15, 0.2) is 6.61 Å². The minimum atomic E-state index is -0.136. The Labute approximate surface area is 211 Å². The van der Waals surface area contributed by atoms with Crippen molar-refractivity contribution in [3.63, 3.8) is 0 Å². The summed E-state index contributed by atoms with van der Waals surface area (Å²) in [5.74, 6) is 2.02. The zero-order chi connectivity index (χ0) is 24.6. The van der Waals surface area contributed by atoms with Crippen LogP contribution >= 0.6 is 0 Å². The molecule has 9 heteroatoms. The highest BCUT2D eigenvalue weighted by Gasteiger charge is 2.18. The van der Waals surface area contributed by atoms with Crippen LogP contribution in [0.4, 0.5) is 11.5 Å². The molecule has 0 atom stereocenters. The topological polar surface area (TPSA) is 97.8 Å². The standard InChI is InChI=1S/C27H33N5O4/c33-25-18-36-24-16-21(32-9-12-34-13-10-32)15-23-26(24)30-19-31-27(23)29-17-20-6-5-7-22(14-20)35-11-4-2-1-3-8-28-25/h5-7,14-16,19H,1-4,8-13,17-18H2,(H,28,33)(H,29,30,31). The zero-order valence-electron chi connectivity index (χ0n) is 20.5. The van der Waals surface area contributed by atoms with E-state index >= 15 is 0 Å².